The Hall–Kier alpha value is -1.25. The van der Waals surface area contributed by atoms with Crippen LogP contribution in [-0.4, -0.2) is 52.2 Å². The second kappa shape index (κ2) is 7.78. The Labute approximate surface area is 182 Å². The van der Waals surface area contributed by atoms with E-state index in [1.807, 2.05) is 0 Å². The molecule has 8 heteroatoms. The highest BCUT2D eigenvalue weighted by molar-refractivity contribution is 9.10. The summed E-state index contributed by atoms with van der Waals surface area (Å²) >= 11 is 3.73. The molecule has 160 valence electrons. The summed E-state index contributed by atoms with van der Waals surface area (Å²) in [5.41, 5.74) is 2.86. The summed E-state index contributed by atoms with van der Waals surface area (Å²) in [7, 11) is -1.91. The lowest BCUT2D eigenvalue weighted by Crippen LogP contribution is -2.65. The van der Waals surface area contributed by atoms with Gasteiger partial charge >= 0.3 is 6.09 Å². The second-order valence-electron chi connectivity index (χ2n) is 9.03. The third-order valence-electron chi connectivity index (χ3n) is 5.57. The molecule has 0 atom stereocenters. The number of nitrogens with zero attached hydrogens (tertiary/aromatic N) is 1. The van der Waals surface area contributed by atoms with Crippen molar-refractivity contribution in [3.8, 4) is 11.5 Å². The number of fused-ring (bicyclic) bond motifs is 2. The number of hydrogen-bond acceptors (Lipinski definition) is 5. The molecule has 0 spiro atoms. The molecule has 4 rings (SSSR count). The zero-order chi connectivity index (χ0) is 20.8. The summed E-state index contributed by atoms with van der Waals surface area (Å²) in [5, 5.41) is 0. The van der Waals surface area contributed by atoms with E-state index >= 15 is 0 Å². The third kappa shape index (κ3) is 3.79. The molecular formula is C21H30BrNO5Si. The quantitative estimate of drug-likeness (QED) is 0.436. The van der Waals surface area contributed by atoms with Crippen LogP contribution in [0.5, 0.6) is 11.5 Å². The van der Waals surface area contributed by atoms with Crippen LogP contribution in [0, 0.1) is 0 Å². The van der Waals surface area contributed by atoms with Crippen molar-refractivity contribution in [3.05, 3.63) is 21.2 Å². The molecule has 0 radical (unpaired) electrons. The Morgan fingerprint density at radius 2 is 1.79 bits per heavy atom. The van der Waals surface area contributed by atoms with E-state index in [1.165, 1.54) is 0 Å². The normalized spacial score (nSPS) is 19.1. The van der Waals surface area contributed by atoms with Gasteiger partial charge in [0.25, 0.3) is 0 Å². The average molecular weight is 484 g/mol. The topological polar surface area (TPSA) is 57.2 Å². The van der Waals surface area contributed by atoms with Gasteiger partial charge in [-0.15, -0.1) is 0 Å². The van der Waals surface area contributed by atoms with Gasteiger partial charge in [0.2, 0.25) is 0 Å². The maximum atomic E-state index is 12.5. The molecule has 1 fully saturated rings. The van der Waals surface area contributed by atoms with Crippen LogP contribution in [0.2, 0.25) is 19.6 Å². The molecule has 0 aliphatic carbocycles. The van der Waals surface area contributed by atoms with Crippen molar-refractivity contribution < 1.29 is 23.4 Å². The number of ether oxygens (including phenoxy) is 3. The number of likely N-dealkylation sites (tertiary alicyclic amines) is 1. The van der Waals surface area contributed by atoms with Gasteiger partial charge in [0.1, 0.15) is 17.1 Å². The summed E-state index contributed by atoms with van der Waals surface area (Å²) in [6.07, 6.45) is 3.32. The fourth-order valence-electron chi connectivity index (χ4n) is 4.49. The smallest absolute Gasteiger partial charge is 0.409 e. The number of unbranched alkanes of at least 4 members (excludes halogenated alkanes) is 1. The maximum Gasteiger partial charge on any atom is 0.409 e. The molecule has 0 bridgehead atoms. The Kier molecular flexibility index (Phi) is 5.63. The lowest BCUT2D eigenvalue weighted by atomic mass is 9.81. The number of amides is 1. The Morgan fingerprint density at radius 3 is 2.45 bits per heavy atom. The van der Waals surface area contributed by atoms with Gasteiger partial charge in [0.15, 0.2) is 8.32 Å². The van der Waals surface area contributed by atoms with E-state index in [0.29, 0.717) is 32.9 Å². The Morgan fingerprint density at radius 1 is 1.14 bits per heavy atom. The van der Waals surface area contributed by atoms with Crippen LogP contribution in [0.25, 0.3) is 0 Å². The molecule has 1 amide bonds. The van der Waals surface area contributed by atoms with Crippen LogP contribution in [0.1, 0.15) is 36.5 Å². The molecule has 0 aromatic heterocycles. The van der Waals surface area contributed by atoms with Crippen molar-refractivity contribution in [2.75, 3.05) is 32.9 Å². The molecule has 1 aromatic rings. The fraction of sp³-hybridized carbons (Fsp3) is 0.667. The summed E-state index contributed by atoms with van der Waals surface area (Å²) in [4.78, 5) is 14.3. The van der Waals surface area contributed by atoms with E-state index in [9.17, 15) is 4.79 Å². The van der Waals surface area contributed by atoms with Gasteiger partial charge in [-0.05, 0) is 42.0 Å². The van der Waals surface area contributed by atoms with Gasteiger partial charge in [-0.25, -0.2) is 4.79 Å². The highest BCUT2D eigenvalue weighted by Gasteiger charge is 2.54. The molecule has 3 heterocycles. The SMILES string of the molecule is CCCCOC(=O)N1CC(O[Si](C)(C)C)(c2c3c(c(Br)c4c2OCC4)OCC3)C1. The molecule has 0 unspecified atom stereocenters. The van der Waals surface area contributed by atoms with Gasteiger partial charge in [-0.1, -0.05) is 13.3 Å². The first-order valence-electron chi connectivity index (χ1n) is 10.5. The van der Waals surface area contributed by atoms with Crippen molar-refractivity contribution in [2.45, 2.75) is 57.8 Å². The van der Waals surface area contributed by atoms with Gasteiger partial charge in [-0.3, -0.25) is 0 Å². The first-order valence-corrected chi connectivity index (χ1v) is 14.7. The minimum atomic E-state index is -1.91. The number of rotatable bonds is 6. The monoisotopic (exact) mass is 483 g/mol. The predicted molar refractivity (Wildman–Crippen MR) is 116 cm³/mol. The predicted octanol–water partition coefficient (Wildman–Crippen LogP) is 4.62. The molecule has 29 heavy (non-hydrogen) atoms. The molecule has 1 saturated heterocycles. The van der Waals surface area contributed by atoms with Crippen LogP contribution in [0.15, 0.2) is 4.47 Å². The number of carbonyl (C=O) groups is 1. The average Bonchev–Trinajstić information content (AvgIpc) is 3.27. The standard InChI is InChI=1S/C21H30BrNO5Si/c1-5-6-9-27-20(24)23-12-21(13-23,28-29(2,3)4)16-14-7-10-26-19(14)17(22)15-8-11-25-18(15)16/h5-13H2,1-4H3. The van der Waals surface area contributed by atoms with Gasteiger partial charge in [0, 0.05) is 29.5 Å². The second-order valence-corrected chi connectivity index (χ2v) is 14.3. The maximum absolute atomic E-state index is 12.5. The summed E-state index contributed by atoms with van der Waals surface area (Å²) in [6, 6.07) is 0. The zero-order valence-electron chi connectivity index (χ0n) is 17.7. The fourth-order valence-corrected chi connectivity index (χ4v) is 6.62. The summed E-state index contributed by atoms with van der Waals surface area (Å²) in [6.45, 7) is 11.4. The third-order valence-corrected chi connectivity index (χ3v) is 7.41. The first kappa shape index (κ1) is 21.0. The molecule has 0 saturated carbocycles. The van der Waals surface area contributed by atoms with Gasteiger partial charge < -0.3 is 23.5 Å². The molecule has 3 aliphatic heterocycles. The van der Waals surface area contributed by atoms with Crippen LogP contribution in [-0.2, 0) is 27.6 Å². The molecule has 3 aliphatic rings. The zero-order valence-corrected chi connectivity index (χ0v) is 20.3. The van der Waals surface area contributed by atoms with E-state index in [1.54, 1.807) is 4.90 Å². The minimum Gasteiger partial charge on any atom is -0.492 e. The van der Waals surface area contributed by atoms with E-state index in [4.69, 9.17) is 18.6 Å². The Bertz CT molecular complexity index is 781. The van der Waals surface area contributed by atoms with Crippen LogP contribution in [0.3, 0.4) is 0 Å². The highest BCUT2D eigenvalue weighted by atomic mass is 79.9. The van der Waals surface area contributed by atoms with Crippen molar-refractivity contribution in [1.29, 1.82) is 0 Å². The largest absolute Gasteiger partial charge is 0.492 e. The van der Waals surface area contributed by atoms with Crippen molar-refractivity contribution in [3.63, 3.8) is 0 Å². The summed E-state index contributed by atoms with van der Waals surface area (Å²) < 4.78 is 25.3. The minimum absolute atomic E-state index is 0.254. The molecular weight excluding hydrogens is 454 g/mol. The lowest BCUT2D eigenvalue weighted by Gasteiger charge is -2.52. The van der Waals surface area contributed by atoms with Crippen molar-refractivity contribution in [1.82, 2.24) is 4.90 Å². The number of hydrogen-bond donors (Lipinski definition) is 0. The first-order chi connectivity index (χ1) is 13.8. The molecule has 1 aromatic carbocycles. The summed E-state index contributed by atoms with van der Waals surface area (Å²) in [5.74, 6) is 1.85. The molecule has 6 nitrogen and oxygen atoms in total. The Balaban J connectivity index is 1.70. The number of carbonyl (C=O) groups excluding carboxylic acids is 1. The lowest BCUT2D eigenvalue weighted by molar-refractivity contribution is -0.0819. The van der Waals surface area contributed by atoms with Crippen molar-refractivity contribution >= 4 is 30.3 Å². The van der Waals surface area contributed by atoms with E-state index < -0.39 is 13.9 Å². The number of halogens is 1. The van der Waals surface area contributed by atoms with E-state index in [0.717, 1.165) is 58.3 Å². The van der Waals surface area contributed by atoms with E-state index in [2.05, 4.69) is 42.5 Å². The van der Waals surface area contributed by atoms with Crippen LogP contribution >= 0.6 is 15.9 Å². The highest BCUT2D eigenvalue weighted by Crippen LogP contribution is 2.54. The van der Waals surface area contributed by atoms with Crippen LogP contribution < -0.4 is 9.47 Å². The van der Waals surface area contributed by atoms with E-state index in [-0.39, 0.29) is 6.09 Å². The van der Waals surface area contributed by atoms with Gasteiger partial charge in [-0.2, -0.15) is 0 Å². The molecule has 0 N–H and O–H groups in total. The van der Waals surface area contributed by atoms with Crippen LogP contribution in [0.4, 0.5) is 4.79 Å². The van der Waals surface area contributed by atoms with Crippen molar-refractivity contribution in [2.24, 2.45) is 0 Å². The van der Waals surface area contributed by atoms with Gasteiger partial charge in [0.05, 0.1) is 37.4 Å². The number of benzene rings is 1.